The zero-order valence-electron chi connectivity index (χ0n) is 14.5. The molecule has 0 saturated heterocycles. The molecule has 2 N–H and O–H groups in total. The van der Waals surface area contributed by atoms with Crippen LogP contribution in [0.1, 0.15) is 23.2 Å². The molecule has 5 nitrogen and oxygen atoms in total. The number of hydrogen-bond acceptors (Lipinski definition) is 4. The van der Waals surface area contributed by atoms with Crippen molar-refractivity contribution in [1.82, 2.24) is 10.3 Å². The first-order chi connectivity index (χ1) is 11.6. The molecule has 24 heavy (non-hydrogen) atoms. The fourth-order valence-corrected chi connectivity index (χ4v) is 2.58. The van der Waals surface area contributed by atoms with Gasteiger partial charge in [-0.3, -0.25) is 4.79 Å². The maximum absolute atomic E-state index is 12.1. The summed E-state index contributed by atoms with van der Waals surface area (Å²) in [4.78, 5) is 18.9. The highest BCUT2D eigenvalue weighted by atomic mass is 16.1. The van der Waals surface area contributed by atoms with Gasteiger partial charge in [-0.25, -0.2) is 4.98 Å². The Kier molecular flexibility index (Phi) is 4.69. The molecule has 1 heterocycles. The molecule has 2 aromatic rings. The largest absolute Gasteiger partial charge is 0.378 e. The third kappa shape index (κ3) is 3.67. The Morgan fingerprint density at radius 3 is 2.71 bits per heavy atom. The van der Waals surface area contributed by atoms with E-state index in [4.69, 9.17) is 4.98 Å². The number of amides is 1. The average molecular weight is 324 g/mol. The Bertz CT molecular complexity index is 738. The number of nitrogens with zero attached hydrogens (tertiary/aromatic N) is 2. The predicted molar refractivity (Wildman–Crippen MR) is 98.6 cm³/mol. The molecule has 3 rings (SSSR count). The van der Waals surface area contributed by atoms with E-state index in [1.807, 2.05) is 38.4 Å². The van der Waals surface area contributed by atoms with Crippen molar-refractivity contribution in [2.45, 2.75) is 12.8 Å². The van der Waals surface area contributed by atoms with E-state index in [0.717, 1.165) is 23.5 Å². The number of benzene rings is 1. The molecule has 0 spiro atoms. The Balaban J connectivity index is 1.94. The molecule has 126 valence electrons. The number of pyridine rings is 1. The molecular formula is C19H24N4O. The first kappa shape index (κ1) is 16.3. The quantitative estimate of drug-likeness (QED) is 0.858. The monoisotopic (exact) mass is 324 g/mol. The van der Waals surface area contributed by atoms with E-state index in [-0.39, 0.29) is 5.91 Å². The molecule has 5 heteroatoms. The number of carbonyl (C=O) groups is 1. The van der Waals surface area contributed by atoms with Crippen molar-refractivity contribution in [3.63, 3.8) is 0 Å². The molecule has 1 aliphatic carbocycles. The predicted octanol–water partition coefficient (Wildman–Crippen LogP) is 3.00. The summed E-state index contributed by atoms with van der Waals surface area (Å²) < 4.78 is 0. The van der Waals surface area contributed by atoms with Crippen LogP contribution in [0.5, 0.6) is 0 Å². The molecule has 1 aromatic heterocycles. The molecular weight excluding hydrogens is 300 g/mol. The van der Waals surface area contributed by atoms with Crippen molar-refractivity contribution < 1.29 is 4.79 Å². The summed E-state index contributed by atoms with van der Waals surface area (Å²) in [6.45, 7) is 0.873. The topological polar surface area (TPSA) is 57.3 Å². The molecule has 0 atom stereocenters. The lowest BCUT2D eigenvalue weighted by Gasteiger charge is -2.15. The van der Waals surface area contributed by atoms with E-state index >= 15 is 0 Å². The number of rotatable bonds is 6. The lowest BCUT2D eigenvalue weighted by molar-refractivity contribution is 0.0963. The van der Waals surface area contributed by atoms with Gasteiger partial charge in [0.2, 0.25) is 0 Å². The maximum Gasteiger partial charge on any atom is 0.254 e. The highest BCUT2D eigenvalue weighted by Gasteiger charge is 2.22. The lowest BCUT2D eigenvalue weighted by atomic mass is 10.1. The van der Waals surface area contributed by atoms with Gasteiger partial charge in [0.05, 0.1) is 11.3 Å². The standard InChI is InChI=1S/C19H24N4O/c1-20-19(24)16-9-10-17(22-18(16)21-12-13-7-8-13)14-5-4-6-15(11-14)23(2)3/h4-6,9-11,13H,7-8,12H2,1-3H3,(H,20,24)(H,21,22). The highest BCUT2D eigenvalue weighted by Crippen LogP contribution is 2.30. The van der Waals surface area contributed by atoms with Gasteiger partial charge in [-0.1, -0.05) is 12.1 Å². The van der Waals surface area contributed by atoms with E-state index in [9.17, 15) is 4.79 Å². The van der Waals surface area contributed by atoms with Crippen LogP contribution >= 0.6 is 0 Å². The summed E-state index contributed by atoms with van der Waals surface area (Å²) in [5.41, 5.74) is 3.62. The van der Waals surface area contributed by atoms with Gasteiger partial charge in [-0.05, 0) is 43.0 Å². The summed E-state index contributed by atoms with van der Waals surface area (Å²) in [7, 11) is 5.68. The van der Waals surface area contributed by atoms with E-state index in [2.05, 4.69) is 27.7 Å². The van der Waals surface area contributed by atoms with Crippen molar-refractivity contribution in [1.29, 1.82) is 0 Å². The zero-order chi connectivity index (χ0) is 17.1. The van der Waals surface area contributed by atoms with Crippen LogP contribution in [0.25, 0.3) is 11.3 Å². The minimum Gasteiger partial charge on any atom is -0.378 e. The van der Waals surface area contributed by atoms with Crippen LogP contribution in [0.2, 0.25) is 0 Å². The van der Waals surface area contributed by atoms with Gasteiger partial charge < -0.3 is 15.5 Å². The van der Waals surface area contributed by atoms with Gasteiger partial charge >= 0.3 is 0 Å². The molecule has 0 radical (unpaired) electrons. The van der Waals surface area contributed by atoms with Crippen molar-refractivity contribution in [2.75, 3.05) is 37.9 Å². The number of aromatic nitrogens is 1. The van der Waals surface area contributed by atoms with Gasteiger partial charge in [-0.15, -0.1) is 0 Å². The highest BCUT2D eigenvalue weighted by molar-refractivity contribution is 5.99. The summed E-state index contributed by atoms with van der Waals surface area (Å²) in [6, 6.07) is 12.0. The summed E-state index contributed by atoms with van der Waals surface area (Å²) >= 11 is 0. The number of hydrogen-bond donors (Lipinski definition) is 2. The van der Waals surface area contributed by atoms with E-state index < -0.39 is 0 Å². The van der Waals surface area contributed by atoms with Crippen LogP contribution in [0.3, 0.4) is 0 Å². The molecule has 0 aliphatic heterocycles. The van der Waals surface area contributed by atoms with E-state index in [1.165, 1.54) is 12.8 Å². The molecule has 1 aromatic carbocycles. The second-order valence-electron chi connectivity index (χ2n) is 6.44. The van der Waals surface area contributed by atoms with Crippen LogP contribution in [-0.4, -0.2) is 38.6 Å². The Labute approximate surface area is 143 Å². The third-order valence-electron chi connectivity index (χ3n) is 4.28. The van der Waals surface area contributed by atoms with Gasteiger partial charge in [0.1, 0.15) is 5.82 Å². The van der Waals surface area contributed by atoms with Gasteiger partial charge in [0.15, 0.2) is 0 Å². The summed E-state index contributed by atoms with van der Waals surface area (Å²) in [5.74, 6) is 1.26. The smallest absolute Gasteiger partial charge is 0.254 e. The first-order valence-electron chi connectivity index (χ1n) is 8.33. The molecule has 0 bridgehead atoms. The second kappa shape index (κ2) is 6.91. The minimum absolute atomic E-state index is 0.116. The van der Waals surface area contributed by atoms with Crippen LogP contribution < -0.4 is 15.5 Å². The maximum atomic E-state index is 12.1. The van der Waals surface area contributed by atoms with Crippen LogP contribution in [0.4, 0.5) is 11.5 Å². The van der Waals surface area contributed by atoms with Gasteiger partial charge in [0.25, 0.3) is 5.91 Å². The second-order valence-corrected chi connectivity index (χ2v) is 6.44. The molecule has 1 fully saturated rings. The SMILES string of the molecule is CNC(=O)c1ccc(-c2cccc(N(C)C)c2)nc1NCC1CC1. The zero-order valence-corrected chi connectivity index (χ0v) is 14.5. The van der Waals surface area contributed by atoms with Crippen LogP contribution in [0.15, 0.2) is 36.4 Å². The normalized spacial score (nSPS) is 13.5. The van der Waals surface area contributed by atoms with Gasteiger partial charge in [-0.2, -0.15) is 0 Å². The van der Waals surface area contributed by atoms with Crippen molar-refractivity contribution in [2.24, 2.45) is 5.92 Å². The van der Waals surface area contributed by atoms with Crippen molar-refractivity contribution >= 4 is 17.4 Å². The Morgan fingerprint density at radius 1 is 1.25 bits per heavy atom. The molecule has 1 saturated carbocycles. The van der Waals surface area contributed by atoms with Crippen LogP contribution in [-0.2, 0) is 0 Å². The number of anilines is 2. The molecule has 1 aliphatic rings. The fourth-order valence-electron chi connectivity index (χ4n) is 2.58. The summed E-state index contributed by atoms with van der Waals surface area (Å²) in [6.07, 6.45) is 2.51. The molecule has 0 unspecified atom stereocenters. The van der Waals surface area contributed by atoms with E-state index in [1.54, 1.807) is 7.05 Å². The van der Waals surface area contributed by atoms with Gasteiger partial charge in [0, 0.05) is 38.9 Å². The Morgan fingerprint density at radius 2 is 2.04 bits per heavy atom. The fraction of sp³-hybridized carbons (Fsp3) is 0.368. The minimum atomic E-state index is -0.116. The first-order valence-corrected chi connectivity index (χ1v) is 8.33. The lowest BCUT2D eigenvalue weighted by Crippen LogP contribution is -2.21. The number of carbonyl (C=O) groups excluding carboxylic acids is 1. The Hall–Kier alpha value is -2.56. The number of nitrogens with one attached hydrogen (secondary N) is 2. The average Bonchev–Trinajstić information content (AvgIpc) is 3.43. The third-order valence-corrected chi connectivity index (χ3v) is 4.28. The van der Waals surface area contributed by atoms with Crippen molar-refractivity contribution in [3.8, 4) is 11.3 Å². The van der Waals surface area contributed by atoms with Crippen molar-refractivity contribution in [3.05, 3.63) is 42.0 Å². The summed E-state index contributed by atoms with van der Waals surface area (Å²) in [5, 5.41) is 6.04. The van der Waals surface area contributed by atoms with Crippen LogP contribution in [0, 0.1) is 5.92 Å². The molecule has 1 amide bonds. The van der Waals surface area contributed by atoms with E-state index in [0.29, 0.717) is 17.3 Å².